The van der Waals surface area contributed by atoms with E-state index in [4.69, 9.17) is 4.74 Å². The fraction of sp³-hybridized carbons (Fsp3) is 0.375. The average molecular weight is 439 g/mol. The molecule has 3 aromatic rings. The van der Waals surface area contributed by atoms with Gasteiger partial charge in [0.2, 0.25) is 5.91 Å². The highest BCUT2D eigenvalue weighted by Crippen LogP contribution is 2.21. The van der Waals surface area contributed by atoms with Crippen LogP contribution in [0.4, 0.5) is 5.69 Å². The Morgan fingerprint density at radius 1 is 1.06 bits per heavy atom. The summed E-state index contributed by atoms with van der Waals surface area (Å²) in [6, 6.07) is 12.3. The second-order valence-electron chi connectivity index (χ2n) is 7.77. The highest BCUT2D eigenvalue weighted by Gasteiger charge is 2.12. The third-order valence-corrected chi connectivity index (χ3v) is 6.27. The molecule has 164 valence electrons. The standard InChI is InChI=1S/C24H30N4O2S/c1-16-9-10-17(2)20(13-16)25-23(29)15-31-24-27-26-22(28(24)4)8-6-7-19-11-12-21(30-5)18(3)14-19/h9-14H,6-8,15H2,1-5H3,(H,25,29). The van der Waals surface area contributed by atoms with Gasteiger partial charge >= 0.3 is 0 Å². The van der Waals surface area contributed by atoms with Gasteiger partial charge in [0.05, 0.1) is 12.9 Å². The summed E-state index contributed by atoms with van der Waals surface area (Å²) in [6.07, 6.45) is 2.79. The lowest BCUT2D eigenvalue weighted by atomic mass is 10.0. The van der Waals surface area contributed by atoms with Crippen LogP contribution in [-0.4, -0.2) is 33.5 Å². The van der Waals surface area contributed by atoms with Gasteiger partial charge in [-0.15, -0.1) is 10.2 Å². The molecule has 1 amide bonds. The number of ether oxygens (including phenoxy) is 1. The number of nitrogens with zero attached hydrogens (tertiary/aromatic N) is 3. The van der Waals surface area contributed by atoms with Gasteiger partial charge in [0.1, 0.15) is 11.6 Å². The molecule has 1 N–H and O–H groups in total. The van der Waals surface area contributed by atoms with Gasteiger partial charge in [-0.1, -0.05) is 36.0 Å². The summed E-state index contributed by atoms with van der Waals surface area (Å²) in [5.74, 6) is 2.10. The molecule has 7 heteroatoms. The first-order valence-corrected chi connectivity index (χ1v) is 11.4. The van der Waals surface area contributed by atoms with E-state index in [-0.39, 0.29) is 5.91 Å². The SMILES string of the molecule is COc1ccc(CCCc2nnc(SCC(=O)Nc3cc(C)ccc3C)n2C)cc1C. The molecule has 0 aliphatic carbocycles. The Morgan fingerprint density at radius 2 is 1.87 bits per heavy atom. The molecule has 0 fully saturated rings. The van der Waals surface area contributed by atoms with Crippen LogP contribution in [0.2, 0.25) is 0 Å². The Kier molecular flexibility index (Phi) is 7.74. The normalized spacial score (nSPS) is 10.9. The van der Waals surface area contributed by atoms with E-state index in [9.17, 15) is 4.79 Å². The van der Waals surface area contributed by atoms with Gasteiger partial charge in [-0.3, -0.25) is 4.79 Å². The van der Waals surface area contributed by atoms with Crippen molar-refractivity contribution in [1.29, 1.82) is 0 Å². The summed E-state index contributed by atoms with van der Waals surface area (Å²) >= 11 is 1.40. The first-order chi connectivity index (χ1) is 14.9. The maximum atomic E-state index is 12.4. The van der Waals surface area contributed by atoms with Crippen molar-refractivity contribution >= 4 is 23.4 Å². The van der Waals surface area contributed by atoms with E-state index < -0.39 is 0 Å². The number of aryl methyl sites for hydroxylation is 5. The summed E-state index contributed by atoms with van der Waals surface area (Å²) in [4.78, 5) is 12.4. The van der Waals surface area contributed by atoms with E-state index in [2.05, 4.69) is 34.6 Å². The minimum atomic E-state index is -0.0434. The smallest absolute Gasteiger partial charge is 0.234 e. The van der Waals surface area contributed by atoms with Gasteiger partial charge in [0, 0.05) is 19.2 Å². The maximum Gasteiger partial charge on any atom is 0.234 e. The van der Waals surface area contributed by atoms with Gasteiger partial charge in [0.15, 0.2) is 5.16 Å². The van der Waals surface area contributed by atoms with Crippen LogP contribution in [0.15, 0.2) is 41.6 Å². The Labute approximate surface area is 188 Å². The van der Waals surface area contributed by atoms with Crippen LogP contribution < -0.4 is 10.1 Å². The lowest BCUT2D eigenvalue weighted by molar-refractivity contribution is -0.113. The second-order valence-corrected chi connectivity index (χ2v) is 8.71. The third kappa shape index (κ3) is 6.10. The minimum Gasteiger partial charge on any atom is -0.496 e. The molecule has 0 bridgehead atoms. The lowest BCUT2D eigenvalue weighted by Crippen LogP contribution is -2.15. The Morgan fingerprint density at radius 3 is 2.61 bits per heavy atom. The first kappa shape index (κ1) is 22.9. The Bertz CT molecular complexity index is 1060. The molecule has 3 rings (SSSR count). The molecule has 0 radical (unpaired) electrons. The van der Waals surface area contributed by atoms with E-state index in [0.717, 1.165) is 58.4 Å². The number of anilines is 1. The van der Waals surface area contributed by atoms with Crippen molar-refractivity contribution < 1.29 is 9.53 Å². The number of nitrogens with one attached hydrogen (secondary N) is 1. The van der Waals surface area contributed by atoms with Gasteiger partial charge in [-0.2, -0.15) is 0 Å². The summed E-state index contributed by atoms with van der Waals surface area (Å²) in [5.41, 5.74) is 5.47. The van der Waals surface area contributed by atoms with Crippen LogP contribution in [-0.2, 0) is 24.7 Å². The molecule has 0 saturated carbocycles. The second kappa shape index (κ2) is 10.5. The molecule has 0 aliphatic rings. The number of carbonyl (C=O) groups excluding carboxylic acids is 1. The number of carbonyl (C=O) groups is 1. The van der Waals surface area contributed by atoms with Crippen LogP contribution in [0.25, 0.3) is 0 Å². The largest absolute Gasteiger partial charge is 0.496 e. The predicted molar refractivity (Wildman–Crippen MR) is 126 cm³/mol. The van der Waals surface area contributed by atoms with Crippen LogP contribution >= 0.6 is 11.8 Å². The van der Waals surface area contributed by atoms with Crippen molar-refractivity contribution in [3.8, 4) is 5.75 Å². The van der Waals surface area contributed by atoms with Crippen LogP contribution in [0, 0.1) is 20.8 Å². The predicted octanol–water partition coefficient (Wildman–Crippen LogP) is 4.66. The van der Waals surface area contributed by atoms with E-state index in [1.54, 1.807) is 7.11 Å². The zero-order valence-corrected chi connectivity index (χ0v) is 19.7. The monoisotopic (exact) mass is 438 g/mol. The zero-order chi connectivity index (χ0) is 22.4. The lowest BCUT2D eigenvalue weighted by Gasteiger charge is -2.09. The highest BCUT2D eigenvalue weighted by atomic mass is 32.2. The fourth-order valence-corrected chi connectivity index (χ4v) is 4.15. The van der Waals surface area contributed by atoms with Crippen molar-refractivity contribution in [2.75, 3.05) is 18.2 Å². The zero-order valence-electron chi connectivity index (χ0n) is 18.9. The number of thioether (sulfide) groups is 1. The number of benzene rings is 2. The van der Waals surface area contributed by atoms with Gasteiger partial charge in [-0.25, -0.2) is 0 Å². The van der Waals surface area contributed by atoms with Crippen molar-refractivity contribution in [3.63, 3.8) is 0 Å². The summed E-state index contributed by atoms with van der Waals surface area (Å²) < 4.78 is 7.31. The molecule has 1 heterocycles. The topological polar surface area (TPSA) is 69.0 Å². The van der Waals surface area contributed by atoms with Crippen molar-refractivity contribution in [3.05, 3.63) is 64.5 Å². The van der Waals surface area contributed by atoms with Gasteiger partial charge < -0.3 is 14.6 Å². The summed E-state index contributed by atoms with van der Waals surface area (Å²) in [5, 5.41) is 12.3. The summed E-state index contributed by atoms with van der Waals surface area (Å²) in [6.45, 7) is 6.07. The Hall–Kier alpha value is -2.80. The number of rotatable bonds is 9. The molecule has 0 atom stereocenters. The van der Waals surface area contributed by atoms with Crippen LogP contribution in [0.3, 0.4) is 0 Å². The van der Waals surface area contributed by atoms with E-state index in [0.29, 0.717) is 5.75 Å². The molecule has 31 heavy (non-hydrogen) atoms. The number of hydrogen-bond acceptors (Lipinski definition) is 5. The molecule has 0 aliphatic heterocycles. The minimum absolute atomic E-state index is 0.0434. The van der Waals surface area contributed by atoms with Crippen LogP contribution in [0.5, 0.6) is 5.75 Å². The number of methoxy groups -OCH3 is 1. The average Bonchev–Trinajstić information content (AvgIpc) is 3.09. The molecular formula is C24H30N4O2S. The Balaban J connectivity index is 1.50. The molecule has 0 unspecified atom stereocenters. The maximum absolute atomic E-state index is 12.4. The first-order valence-electron chi connectivity index (χ1n) is 10.4. The highest BCUT2D eigenvalue weighted by molar-refractivity contribution is 7.99. The number of hydrogen-bond donors (Lipinski definition) is 1. The number of amides is 1. The van der Waals surface area contributed by atoms with Gasteiger partial charge in [0.25, 0.3) is 0 Å². The van der Waals surface area contributed by atoms with Crippen LogP contribution in [0.1, 0.15) is 34.5 Å². The van der Waals surface area contributed by atoms with E-state index >= 15 is 0 Å². The molecule has 1 aromatic heterocycles. The van der Waals surface area contributed by atoms with Crippen molar-refractivity contribution in [2.45, 2.75) is 45.2 Å². The van der Waals surface area contributed by atoms with Crippen molar-refractivity contribution in [1.82, 2.24) is 14.8 Å². The molecule has 0 saturated heterocycles. The van der Waals surface area contributed by atoms with E-state index in [1.165, 1.54) is 17.3 Å². The van der Waals surface area contributed by atoms with E-state index in [1.807, 2.05) is 49.7 Å². The number of aromatic nitrogens is 3. The molecule has 0 spiro atoms. The third-order valence-electron chi connectivity index (χ3n) is 5.25. The molecular weight excluding hydrogens is 408 g/mol. The van der Waals surface area contributed by atoms with Gasteiger partial charge in [-0.05, 0) is 68.0 Å². The molecule has 6 nitrogen and oxygen atoms in total. The van der Waals surface area contributed by atoms with Crippen molar-refractivity contribution in [2.24, 2.45) is 7.05 Å². The molecule has 2 aromatic carbocycles. The quantitative estimate of drug-likeness (QED) is 0.492. The summed E-state index contributed by atoms with van der Waals surface area (Å²) in [7, 11) is 3.65. The fourth-order valence-electron chi connectivity index (χ4n) is 3.42.